The number of aromatic nitrogens is 2. The van der Waals surface area contributed by atoms with Gasteiger partial charge in [-0.25, -0.2) is 4.68 Å². The molecule has 2 aromatic carbocycles. The molecule has 0 bridgehead atoms. The van der Waals surface area contributed by atoms with Gasteiger partial charge in [0.15, 0.2) is 0 Å². The topological polar surface area (TPSA) is 90.0 Å². The van der Waals surface area contributed by atoms with Crippen molar-refractivity contribution in [2.24, 2.45) is 5.73 Å². The highest BCUT2D eigenvalue weighted by Crippen LogP contribution is 2.42. The van der Waals surface area contributed by atoms with Gasteiger partial charge in [0.05, 0.1) is 11.7 Å². The Kier molecular flexibility index (Phi) is 6.44. The Morgan fingerprint density at radius 2 is 1.88 bits per heavy atom. The van der Waals surface area contributed by atoms with E-state index in [2.05, 4.69) is 16.5 Å². The van der Waals surface area contributed by atoms with Crippen LogP contribution in [0.4, 0.5) is 0 Å². The summed E-state index contributed by atoms with van der Waals surface area (Å²) in [6.07, 6.45) is 3.10. The van der Waals surface area contributed by atoms with E-state index in [-0.39, 0.29) is 22.6 Å². The molecule has 0 saturated heterocycles. The quantitative estimate of drug-likeness (QED) is 0.616. The van der Waals surface area contributed by atoms with E-state index in [0.717, 1.165) is 36.8 Å². The van der Waals surface area contributed by atoms with E-state index < -0.39 is 5.91 Å². The third-order valence-corrected chi connectivity index (χ3v) is 6.80. The van der Waals surface area contributed by atoms with Crippen molar-refractivity contribution >= 4 is 17.5 Å². The summed E-state index contributed by atoms with van der Waals surface area (Å²) in [5.74, 6) is -0.408. The second kappa shape index (κ2) is 9.27. The number of hydrogen-bond acceptors (Lipinski definition) is 4. The molecule has 1 heterocycles. The van der Waals surface area contributed by atoms with Gasteiger partial charge in [0.2, 0.25) is 0 Å². The standard InChI is InChI=1S/C25H27ClN4O2/c1-28-23(31)21-15-22(17-6-3-2-4-7-17)29-30(24(21)32)20-10-12-25(16-27,13-11-20)18-8-5-9-19(26)14-18/h2-9,14-15,20H,10-13,16,27H2,1H3,(H,28,31). The molecule has 166 valence electrons. The van der Waals surface area contributed by atoms with Gasteiger partial charge in [0.25, 0.3) is 11.5 Å². The van der Waals surface area contributed by atoms with Crippen LogP contribution >= 0.6 is 11.6 Å². The van der Waals surface area contributed by atoms with Crippen molar-refractivity contribution in [3.8, 4) is 11.3 Å². The predicted molar refractivity (Wildman–Crippen MR) is 127 cm³/mol. The highest BCUT2D eigenvalue weighted by atomic mass is 35.5. The van der Waals surface area contributed by atoms with Crippen LogP contribution in [-0.2, 0) is 5.41 Å². The molecule has 6 nitrogen and oxygen atoms in total. The highest BCUT2D eigenvalue weighted by molar-refractivity contribution is 6.30. The van der Waals surface area contributed by atoms with Crippen LogP contribution in [-0.4, -0.2) is 29.3 Å². The first-order valence-corrected chi connectivity index (χ1v) is 11.2. The zero-order valence-corrected chi connectivity index (χ0v) is 18.8. The first-order valence-electron chi connectivity index (χ1n) is 10.8. The van der Waals surface area contributed by atoms with E-state index in [4.69, 9.17) is 17.3 Å². The number of halogens is 1. The molecule has 3 N–H and O–H groups in total. The zero-order chi connectivity index (χ0) is 22.7. The number of rotatable bonds is 5. The molecule has 3 aromatic rings. The lowest BCUT2D eigenvalue weighted by molar-refractivity contribution is 0.0959. The van der Waals surface area contributed by atoms with Crippen LogP contribution in [0.15, 0.2) is 65.5 Å². The van der Waals surface area contributed by atoms with Crippen LogP contribution in [0.5, 0.6) is 0 Å². The van der Waals surface area contributed by atoms with Crippen molar-refractivity contribution in [2.45, 2.75) is 37.1 Å². The minimum atomic E-state index is -0.408. The van der Waals surface area contributed by atoms with Crippen molar-refractivity contribution in [2.75, 3.05) is 13.6 Å². The molecule has 1 amide bonds. The largest absolute Gasteiger partial charge is 0.355 e. The summed E-state index contributed by atoms with van der Waals surface area (Å²) < 4.78 is 1.51. The molecule has 0 aliphatic heterocycles. The minimum absolute atomic E-state index is 0.103. The Bertz CT molecular complexity index is 1170. The van der Waals surface area contributed by atoms with Crippen molar-refractivity contribution in [1.82, 2.24) is 15.1 Å². The van der Waals surface area contributed by atoms with Gasteiger partial charge in [-0.2, -0.15) is 5.10 Å². The fourth-order valence-electron chi connectivity index (χ4n) is 4.64. The van der Waals surface area contributed by atoms with Crippen molar-refractivity contribution in [3.05, 3.63) is 87.2 Å². The molecule has 1 aromatic heterocycles. The Labute approximate surface area is 192 Å². The van der Waals surface area contributed by atoms with Gasteiger partial charge < -0.3 is 11.1 Å². The van der Waals surface area contributed by atoms with Crippen LogP contribution in [0.2, 0.25) is 5.02 Å². The Morgan fingerprint density at radius 3 is 2.50 bits per heavy atom. The number of benzene rings is 2. The summed E-state index contributed by atoms with van der Waals surface area (Å²) in [6.45, 7) is 0.510. The fraction of sp³-hybridized carbons (Fsp3) is 0.320. The summed E-state index contributed by atoms with van der Waals surface area (Å²) in [6, 6.07) is 18.9. The predicted octanol–water partition coefficient (Wildman–Crippen LogP) is 3.94. The maximum atomic E-state index is 13.2. The van der Waals surface area contributed by atoms with Gasteiger partial charge in [-0.05, 0) is 49.4 Å². The van der Waals surface area contributed by atoms with Crippen molar-refractivity contribution < 1.29 is 4.79 Å². The lowest BCUT2D eigenvalue weighted by atomic mass is 9.68. The zero-order valence-electron chi connectivity index (χ0n) is 18.1. The van der Waals surface area contributed by atoms with Gasteiger partial charge in [-0.1, -0.05) is 54.1 Å². The molecule has 0 spiro atoms. The number of carbonyl (C=O) groups excluding carboxylic acids is 1. The summed E-state index contributed by atoms with van der Waals surface area (Å²) in [5.41, 5.74) is 8.40. The fourth-order valence-corrected chi connectivity index (χ4v) is 4.83. The second-order valence-electron chi connectivity index (χ2n) is 8.36. The minimum Gasteiger partial charge on any atom is -0.355 e. The number of hydrogen-bond donors (Lipinski definition) is 2. The van der Waals surface area contributed by atoms with Gasteiger partial charge in [-0.15, -0.1) is 0 Å². The summed E-state index contributed by atoms with van der Waals surface area (Å²) in [7, 11) is 1.52. The average Bonchev–Trinajstić information content (AvgIpc) is 2.84. The van der Waals surface area contributed by atoms with Gasteiger partial charge in [0.1, 0.15) is 5.56 Å². The first-order chi connectivity index (χ1) is 15.5. The number of nitrogens with zero attached hydrogens (tertiary/aromatic N) is 2. The Morgan fingerprint density at radius 1 is 1.16 bits per heavy atom. The van der Waals surface area contributed by atoms with E-state index in [1.165, 1.54) is 11.7 Å². The van der Waals surface area contributed by atoms with Gasteiger partial charge >= 0.3 is 0 Å². The average molecular weight is 451 g/mol. The monoisotopic (exact) mass is 450 g/mol. The van der Waals surface area contributed by atoms with Crippen LogP contribution in [0, 0.1) is 0 Å². The molecule has 1 aliphatic rings. The summed E-state index contributed by atoms with van der Waals surface area (Å²) >= 11 is 6.23. The maximum Gasteiger partial charge on any atom is 0.279 e. The van der Waals surface area contributed by atoms with Crippen LogP contribution in [0.25, 0.3) is 11.3 Å². The first kappa shape index (κ1) is 22.2. The van der Waals surface area contributed by atoms with E-state index in [1.807, 2.05) is 48.5 Å². The lowest BCUT2D eigenvalue weighted by Crippen LogP contribution is -2.42. The molecule has 0 unspecified atom stereocenters. The number of carbonyl (C=O) groups is 1. The molecule has 1 fully saturated rings. The highest BCUT2D eigenvalue weighted by Gasteiger charge is 2.37. The van der Waals surface area contributed by atoms with Gasteiger partial charge in [0, 0.05) is 29.6 Å². The van der Waals surface area contributed by atoms with Crippen LogP contribution < -0.4 is 16.6 Å². The maximum absolute atomic E-state index is 13.2. The van der Waals surface area contributed by atoms with E-state index in [0.29, 0.717) is 17.3 Å². The number of nitrogens with two attached hydrogens (primary N) is 1. The normalized spacial score (nSPS) is 20.7. The molecule has 4 rings (SSSR count). The Hall–Kier alpha value is -2.96. The van der Waals surface area contributed by atoms with Gasteiger partial charge in [-0.3, -0.25) is 9.59 Å². The lowest BCUT2D eigenvalue weighted by Gasteiger charge is -2.40. The molecule has 0 atom stereocenters. The number of amides is 1. The summed E-state index contributed by atoms with van der Waals surface area (Å²) in [5, 5.41) is 7.94. The second-order valence-corrected chi connectivity index (χ2v) is 8.80. The van der Waals surface area contributed by atoms with Crippen LogP contribution in [0.3, 0.4) is 0 Å². The smallest absolute Gasteiger partial charge is 0.279 e. The number of nitrogens with one attached hydrogen (secondary N) is 1. The molecular formula is C25H27ClN4O2. The SMILES string of the molecule is CNC(=O)c1cc(-c2ccccc2)nn(C2CCC(CN)(c3cccc(Cl)c3)CC2)c1=O. The molecule has 0 radical (unpaired) electrons. The Balaban J connectivity index is 1.70. The van der Waals surface area contributed by atoms with Crippen molar-refractivity contribution in [1.29, 1.82) is 0 Å². The molecular weight excluding hydrogens is 424 g/mol. The van der Waals surface area contributed by atoms with Crippen molar-refractivity contribution in [3.63, 3.8) is 0 Å². The van der Waals surface area contributed by atoms with E-state index in [1.54, 1.807) is 6.07 Å². The molecule has 32 heavy (non-hydrogen) atoms. The molecule has 7 heteroatoms. The summed E-state index contributed by atoms with van der Waals surface area (Å²) in [4.78, 5) is 25.6. The van der Waals surface area contributed by atoms with E-state index >= 15 is 0 Å². The third-order valence-electron chi connectivity index (χ3n) is 6.56. The molecule has 1 aliphatic carbocycles. The van der Waals surface area contributed by atoms with E-state index in [9.17, 15) is 9.59 Å². The van der Waals surface area contributed by atoms with Crippen LogP contribution in [0.1, 0.15) is 47.6 Å². The third kappa shape index (κ3) is 4.20. The molecule has 1 saturated carbocycles.